The third-order valence-corrected chi connectivity index (χ3v) is 6.05. The summed E-state index contributed by atoms with van der Waals surface area (Å²) >= 11 is 7.55. The van der Waals surface area contributed by atoms with Gasteiger partial charge in [0.05, 0.1) is 6.20 Å². The first kappa shape index (κ1) is 15.3. The summed E-state index contributed by atoms with van der Waals surface area (Å²) in [6.45, 7) is 4.51. The number of amides is 1. The lowest BCUT2D eigenvalue weighted by molar-refractivity contribution is -0.148. The molecule has 2 aliphatic rings. The highest BCUT2D eigenvalue weighted by molar-refractivity contribution is 7.15. The zero-order valence-electron chi connectivity index (χ0n) is 12.3. The fraction of sp³-hybridized carbons (Fsp3) is 0.733. The van der Waals surface area contributed by atoms with E-state index in [4.69, 9.17) is 16.3 Å². The minimum atomic E-state index is -0.211. The maximum absolute atomic E-state index is 12.5. The van der Waals surface area contributed by atoms with Gasteiger partial charge < -0.3 is 9.64 Å². The van der Waals surface area contributed by atoms with Gasteiger partial charge in [0.15, 0.2) is 0 Å². The summed E-state index contributed by atoms with van der Waals surface area (Å²) in [4.78, 5) is 18.9. The van der Waals surface area contributed by atoms with Gasteiger partial charge in [-0.05, 0) is 32.1 Å². The molecule has 2 aliphatic heterocycles. The Labute approximate surface area is 134 Å². The summed E-state index contributed by atoms with van der Waals surface area (Å²) in [5, 5.41) is 1.09. The second-order valence-electron chi connectivity index (χ2n) is 6.21. The molecule has 0 unspecified atom stereocenters. The average Bonchev–Trinajstić information content (AvgIpc) is 2.96. The van der Waals surface area contributed by atoms with Crippen molar-refractivity contribution in [3.8, 4) is 0 Å². The number of aromatic nitrogens is 1. The maximum atomic E-state index is 12.5. The summed E-state index contributed by atoms with van der Waals surface area (Å²) in [5.41, 5.74) is 0.0437. The Morgan fingerprint density at radius 2 is 2.24 bits per heavy atom. The van der Waals surface area contributed by atoms with Crippen LogP contribution in [0.1, 0.15) is 44.0 Å². The zero-order valence-corrected chi connectivity index (χ0v) is 13.9. The first-order valence-electron chi connectivity index (χ1n) is 7.61. The van der Waals surface area contributed by atoms with Crippen LogP contribution in [0.2, 0.25) is 4.34 Å². The molecule has 116 valence electrons. The number of carbonyl (C=O) groups is 1. The average molecular weight is 329 g/mol. The molecule has 2 fully saturated rings. The zero-order chi connectivity index (χ0) is 14.9. The number of nitrogens with zero attached hydrogens (tertiary/aromatic N) is 2. The number of carbonyl (C=O) groups excluding carboxylic acids is 1. The molecule has 4 nitrogen and oxygen atoms in total. The largest absolute Gasteiger partial charge is 0.368 e. The molecule has 1 aromatic heterocycles. The van der Waals surface area contributed by atoms with Crippen LogP contribution in [0.15, 0.2) is 6.20 Å². The van der Waals surface area contributed by atoms with Crippen molar-refractivity contribution in [1.82, 2.24) is 9.88 Å². The fourth-order valence-corrected chi connectivity index (χ4v) is 4.22. The second kappa shape index (κ2) is 6.23. The number of likely N-dealkylation sites (tertiary alicyclic amines) is 1. The van der Waals surface area contributed by atoms with Crippen molar-refractivity contribution in [2.45, 2.75) is 50.5 Å². The number of thiazole rings is 1. The Morgan fingerprint density at radius 1 is 1.48 bits per heavy atom. The number of hydrogen-bond acceptors (Lipinski definition) is 4. The monoisotopic (exact) mass is 328 g/mol. The van der Waals surface area contributed by atoms with Gasteiger partial charge in [0.25, 0.3) is 5.91 Å². The van der Waals surface area contributed by atoms with E-state index in [0.29, 0.717) is 0 Å². The van der Waals surface area contributed by atoms with Gasteiger partial charge in [0.2, 0.25) is 0 Å². The normalized spacial score (nSPS) is 25.8. The van der Waals surface area contributed by atoms with Crippen LogP contribution in [-0.2, 0) is 14.9 Å². The molecule has 1 aromatic rings. The minimum absolute atomic E-state index is 0.0437. The SMILES string of the molecule is CC1(c2ncc(Cl)s2)CCN(C(=O)[C@@H]2CCCCO2)CC1. The summed E-state index contributed by atoms with van der Waals surface area (Å²) < 4.78 is 6.35. The van der Waals surface area contributed by atoms with Crippen molar-refractivity contribution in [3.05, 3.63) is 15.5 Å². The van der Waals surface area contributed by atoms with Crippen molar-refractivity contribution in [2.75, 3.05) is 19.7 Å². The molecule has 0 radical (unpaired) electrons. The molecule has 3 heterocycles. The van der Waals surface area contributed by atoms with Crippen LogP contribution in [-0.4, -0.2) is 41.6 Å². The lowest BCUT2D eigenvalue weighted by Crippen LogP contribution is -2.48. The third kappa shape index (κ3) is 3.25. The summed E-state index contributed by atoms with van der Waals surface area (Å²) in [5.74, 6) is 0.175. The number of ether oxygens (including phenoxy) is 1. The fourth-order valence-electron chi connectivity index (χ4n) is 3.11. The van der Waals surface area contributed by atoms with E-state index in [0.717, 1.165) is 61.1 Å². The van der Waals surface area contributed by atoms with Gasteiger partial charge in [-0.15, -0.1) is 11.3 Å². The first-order valence-corrected chi connectivity index (χ1v) is 8.80. The van der Waals surface area contributed by atoms with Crippen molar-refractivity contribution in [1.29, 1.82) is 0 Å². The molecule has 0 aromatic carbocycles. The Kier molecular flexibility index (Phi) is 4.52. The molecule has 0 aliphatic carbocycles. The molecule has 2 saturated heterocycles. The quantitative estimate of drug-likeness (QED) is 0.837. The number of halogens is 1. The number of rotatable bonds is 2. The van der Waals surface area contributed by atoms with E-state index in [2.05, 4.69) is 11.9 Å². The van der Waals surface area contributed by atoms with Crippen molar-refractivity contribution in [2.24, 2.45) is 0 Å². The van der Waals surface area contributed by atoms with E-state index in [9.17, 15) is 4.79 Å². The Bertz CT molecular complexity index is 506. The third-order valence-electron chi connectivity index (χ3n) is 4.63. The molecule has 0 N–H and O–H groups in total. The van der Waals surface area contributed by atoms with Crippen molar-refractivity contribution in [3.63, 3.8) is 0 Å². The van der Waals surface area contributed by atoms with Gasteiger partial charge in [0, 0.05) is 25.1 Å². The molecule has 0 saturated carbocycles. The Hall–Kier alpha value is -0.650. The van der Waals surface area contributed by atoms with Crippen LogP contribution in [0, 0.1) is 0 Å². The molecule has 6 heteroatoms. The Balaban J connectivity index is 1.60. The molecule has 0 bridgehead atoms. The lowest BCUT2D eigenvalue weighted by Gasteiger charge is -2.39. The molecule has 1 atom stereocenters. The summed E-state index contributed by atoms with van der Waals surface area (Å²) in [6, 6.07) is 0. The van der Waals surface area contributed by atoms with Crippen molar-refractivity contribution >= 4 is 28.8 Å². The van der Waals surface area contributed by atoms with Crippen molar-refractivity contribution < 1.29 is 9.53 Å². The molecule has 0 spiro atoms. The molecule has 21 heavy (non-hydrogen) atoms. The number of piperidine rings is 1. The first-order chi connectivity index (χ1) is 10.1. The maximum Gasteiger partial charge on any atom is 0.251 e. The van der Waals surface area contributed by atoms with E-state index in [-0.39, 0.29) is 17.4 Å². The summed E-state index contributed by atoms with van der Waals surface area (Å²) in [6.07, 6.45) is 6.43. The van der Waals surface area contributed by atoms with Gasteiger partial charge in [0.1, 0.15) is 15.4 Å². The molecular weight excluding hydrogens is 308 g/mol. The lowest BCUT2D eigenvalue weighted by atomic mass is 9.81. The highest BCUT2D eigenvalue weighted by Gasteiger charge is 2.37. The predicted molar refractivity (Wildman–Crippen MR) is 83.9 cm³/mol. The summed E-state index contributed by atoms with van der Waals surface area (Å²) in [7, 11) is 0. The topological polar surface area (TPSA) is 42.4 Å². The number of hydrogen-bond donors (Lipinski definition) is 0. The van der Waals surface area contributed by atoms with Crippen LogP contribution < -0.4 is 0 Å². The van der Waals surface area contributed by atoms with Crippen LogP contribution in [0.5, 0.6) is 0 Å². The predicted octanol–water partition coefficient (Wildman–Crippen LogP) is 3.25. The van der Waals surface area contributed by atoms with Crippen LogP contribution >= 0.6 is 22.9 Å². The molecular formula is C15H21ClN2O2S. The minimum Gasteiger partial charge on any atom is -0.368 e. The Morgan fingerprint density at radius 3 is 2.81 bits per heavy atom. The smallest absolute Gasteiger partial charge is 0.251 e. The van der Waals surface area contributed by atoms with Crippen LogP contribution in [0.3, 0.4) is 0 Å². The van der Waals surface area contributed by atoms with Gasteiger partial charge >= 0.3 is 0 Å². The van der Waals surface area contributed by atoms with E-state index in [1.165, 1.54) is 0 Å². The molecule has 3 rings (SSSR count). The van der Waals surface area contributed by atoms with Gasteiger partial charge in [-0.25, -0.2) is 4.98 Å². The van der Waals surface area contributed by atoms with E-state index in [1.54, 1.807) is 17.5 Å². The molecule has 1 amide bonds. The highest BCUT2D eigenvalue weighted by atomic mass is 35.5. The van der Waals surface area contributed by atoms with Gasteiger partial charge in [-0.2, -0.15) is 0 Å². The standard InChI is InChI=1S/C15H21ClN2O2S/c1-15(14-17-10-12(16)21-14)5-7-18(8-6-15)13(19)11-4-2-3-9-20-11/h10-11H,2-9H2,1H3/t11-/m0/s1. The van der Waals surface area contributed by atoms with Gasteiger partial charge in [-0.3, -0.25) is 4.79 Å². The van der Waals surface area contributed by atoms with E-state index < -0.39 is 0 Å². The van der Waals surface area contributed by atoms with Gasteiger partial charge in [-0.1, -0.05) is 18.5 Å². The second-order valence-corrected chi connectivity index (χ2v) is 7.87. The van der Waals surface area contributed by atoms with E-state index >= 15 is 0 Å². The highest BCUT2D eigenvalue weighted by Crippen LogP contribution is 2.38. The van der Waals surface area contributed by atoms with Crippen LogP contribution in [0.25, 0.3) is 0 Å². The van der Waals surface area contributed by atoms with Crippen LogP contribution in [0.4, 0.5) is 0 Å². The van der Waals surface area contributed by atoms with E-state index in [1.807, 2.05) is 4.90 Å².